The molecule has 164 valence electrons. The van der Waals surface area contributed by atoms with Gasteiger partial charge in [0.1, 0.15) is 11.5 Å². The number of nitrogens with zero attached hydrogens (tertiary/aromatic N) is 4. The van der Waals surface area contributed by atoms with Crippen molar-refractivity contribution in [1.29, 1.82) is 0 Å². The van der Waals surface area contributed by atoms with Crippen LogP contribution in [0.15, 0.2) is 43.0 Å². The van der Waals surface area contributed by atoms with Crippen molar-refractivity contribution >= 4 is 39.1 Å². The normalized spacial score (nSPS) is 17.8. The number of H-pyrrole nitrogens is 1. The lowest BCUT2D eigenvalue weighted by atomic mass is 9.83. The monoisotopic (exact) mass is 427 g/mol. The van der Waals surface area contributed by atoms with Crippen molar-refractivity contribution in [2.45, 2.75) is 38.0 Å². The van der Waals surface area contributed by atoms with Gasteiger partial charge in [-0.15, -0.1) is 0 Å². The molecule has 4 aromatic heterocycles. The summed E-state index contributed by atoms with van der Waals surface area (Å²) in [5.41, 5.74) is 5.48. The molecule has 0 atom stereocenters. The van der Waals surface area contributed by atoms with Crippen molar-refractivity contribution < 1.29 is 0 Å². The average molecular weight is 428 g/mol. The fourth-order valence-electron chi connectivity index (χ4n) is 5.26. The molecular weight excluding hydrogens is 398 g/mol. The molecule has 2 aliphatic rings. The predicted octanol–water partition coefficient (Wildman–Crippen LogP) is 4.71. The van der Waals surface area contributed by atoms with Crippen molar-refractivity contribution in [3.8, 4) is 0 Å². The molecule has 7 nitrogen and oxygen atoms in total. The summed E-state index contributed by atoms with van der Waals surface area (Å²) in [6.45, 7) is 4.09. The van der Waals surface area contributed by atoms with E-state index in [0.29, 0.717) is 5.92 Å². The largest absolute Gasteiger partial charge is 0.368 e. The Balaban J connectivity index is 1.31. The van der Waals surface area contributed by atoms with Crippen LogP contribution in [0.1, 0.15) is 43.6 Å². The maximum Gasteiger partial charge on any atom is 0.138 e. The van der Waals surface area contributed by atoms with E-state index in [4.69, 9.17) is 4.98 Å². The molecular formula is C25H29N7. The first-order valence-electron chi connectivity index (χ1n) is 11.8. The number of aromatic amines is 1. The fourth-order valence-corrected chi connectivity index (χ4v) is 5.26. The van der Waals surface area contributed by atoms with Crippen LogP contribution < -0.4 is 15.5 Å². The molecule has 7 heteroatoms. The highest BCUT2D eigenvalue weighted by Crippen LogP contribution is 2.39. The summed E-state index contributed by atoms with van der Waals surface area (Å²) in [5.74, 6) is 1.42. The summed E-state index contributed by atoms with van der Waals surface area (Å²) < 4.78 is 0. The molecule has 2 fully saturated rings. The first kappa shape index (κ1) is 19.5. The summed E-state index contributed by atoms with van der Waals surface area (Å²) in [6.07, 6.45) is 14.3. The number of anilines is 3. The van der Waals surface area contributed by atoms with Crippen LogP contribution in [0.3, 0.4) is 0 Å². The number of aromatic nitrogens is 4. The second-order valence-corrected chi connectivity index (χ2v) is 9.00. The summed E-state index contributed by atoms with van der Waals surface area (Å²) >= 11 is 0. The van der Waals surface area contributed by atoms with Crippen LogP contribution in [0.2, 0.25) is 0 Å². The van der Waals surface area contributed by atoms with E-state index in [1.54, 1.807) is 0 Å². The number of hydrogen-bond donors (Lipinski definition) is 3. The van der Waals surface area contributed by atoms with Gasteiger partial charge in [0.15, 0.2) is 0 Å². The number of hydrogen-bond acceptors (Lipinski definition) is 6. The first-order valence-corrected chi connectivity index (χ1v) is 11.8. The fraction of sp³-hybridized carbons (Fsp3) is 0.400. The van der Waals surface area contributed by atoms with Gasteiger partial charge < -0.3 is 20.5 Å². The van der Waals surface area contributed by atoms with E-state index in [9.17, 15) is 0 Å². The molecule has 1 saturated carbocycles. The topological polar surface area (TPSA) is 81.8 Å². The van der Waals surface area contributed by atoms with Gasteiger partial charge in [0.2, 0.25) is 0 Å². The smallest absolute Gasteiger partial charge is 0.138 e. The van der Waals surface area contributed by atoms with E-state index < -0.39 is 0 Å². The average Bonchev–Trinajstić information content (AvgIpc) is 3.24. The molecule has 0 amide bonds. The second-order valence-electron chi connectivity index (χ2n) is 9.00. The third kappa shape index (κ3) is 3.66. The molecule has 3 N–H and O–H groups in total. The van der Waals surface area contributed by atoms with Crippen LogP contribution in [-0.4, -0.2) is 46.1 Å². The zero-order valence-electron chi connectivity index (χ0n) is 18.3. The number of fused-ring (bicyclic) bond motifs is 3. The molecule has 0 spiro atoms. The lowest BCUT2D eigenvalue weighted by Crippen LogP contribution is -2.43. The predicted molar refractivity (Wildman–Crippen MR) is 130 cm³/mol. The minimum atomic E-state index is 0.592. The summed E-state index contributed by atoms with van der Waals surface area (Å²) in [7, 11) is 0. The standard InChI is InChI=1S/C25H29N7/c1-2-4-17(5-3-1)21-15-27-16-22-24(21)20-12-18(13-29-25(20)31-22)30-23-7-6-19(14-28-23)32-10-8-26-9-11-32/h6-7,12-17,26H,1-5,8-11H2,(H,28,30)(H,29,31). The van der Waals surface area contributed by atoms with Gasteiger partial charge in [-0.05, 0) is 42.5 Å². The van der Waals surface area contributed by atoms with Gasteiger partial charge in [-0.25, -0.2) is 9.97 Å². The van der Waals surface area contributed by atoms with Crippen molar-refractivity contribution in [2.75, 3.05) is 36.4 Å². The van der Waals surface area contributed by atoms with Crippen molar-refractivity contribution in [1.82, 2.24) is 25.3 Å². The van der Waals surface area contributed by atoms with E-state index in [-0.39, 0.29) is 0 Å². The van der Waals surface area contributed by atoms with E-state index in [0.717, 1.165) is 54.2 Å². The van der Waals surface area contributed by atoms with Gasteiger partial charge in [-0.3, -0.25) is 4.98 Å². The van der Waals surface area contributed by atoms with Crippen LogP contribution in [0.5, 0.6) is 0 Å². The molecule has 4 aromatic rings. The van der Waals surface area contributed by atoms with Gasteiger partial charge in [-0.1, -0.05) is 19.3 Å². The Labute approximate surface area is 187 Å². The van der Waals surface area contributed by atoms with Gasteiger partial charge >= 0.3 is 0 Å². The number of pyridine rings is 3. The number of nitrogens with one attached hydrogen (secondary N) is 3. The summed E-state index contributed by atoms with van der Waals surface area (Å²) in [6, 6.07) is 6.39. The van der Waals surface area contributed by atoms with E-state index in [2.05, 4.69) is 48.8 Å². The van der Waals surface area contributed by atoms with E-state index >= 15 is 0 Å². The van der Waals surface area contributed by atoms with E-state index in [1.165, 1.54) is 48.7 Å². The minimum absolute atomic E-state index is 0.592. The molecule has 5 heterocycles. The number of piperazine rings is 1. The highest BCUT2D eigenvalue weighted by molar-refractivity contribution is 6.08. The lowest BCUT2D eigenvalue weighted by molar-refractivity contribution is 0.445. The molecule has 0 aromatic carbocycles. The van der Waals surface area contributed by atoms with Crippen LogP contribution in [0, 0.1) is 0 Å². The second kappa shape index (κ2) is 8.39. The quantitative estimate of drug-likeness (QED) is 0.438. The SMILES string of the molecule is c1nc2[nH]c3cncc(C4CCCCC4)c3c2cc1Nc1ccc(N2CCNCC2)cn1. The van der Waals surface area contributed by atoms with Crippen LogP contribution in [0.25, 0.3) is 21.9 Å². The Morgan fingerprint density at radius 3 is 2.62 bits per heavy atom. The Hall–Kier alpha value is -3.19. The molecule has 0 radical (unpaired) electrons. The molecule has 0 bridgehead atoms. The Bertz CT molecular complexity index is 1220. The zero-order valence-corrected chi connectivity index (χ0v) is 18.3. The van der Waals surface area contributed by atoms with Crippen LogP contribution >= 0.6 is 0 Å². The minimum Gasteiger partial charge on any atom is -0.368 e. The van der Waals surface area contributed by atoms with Crippen molar-refractivity contribution in [3.63, 3.8) is 0 Å². The maximum absolute atomic E-state index is 4.70. The van der Waals surface area contributed by atoms with Crippen molar-refractivity contribution in [2.24, 2.45) is 0 Å². The van der Waals surface area contributed by atoms with Crippen molar-refractivity contribution in [3.05, 3.63) is 48.5 Å². The zero-order chi connectivity index (χ0) is 21.3. The Morgan fingerprint density at radius 2 is 1.81 bits per heavy atom. The highest BCUT2D eigenvalue weighted by atomic mass is 15.2. The first-order chi connectivity index (χ1) is 15.8. The Morgan fingerprint density at radius 1 is 0.938 bits per heavy atom. The molecule has 0 unspecified atom stereocenters. The van der Waals surface area contributed by atoms with Gasteiger partial charge in [0.25, 0.3) is 0 Å². The van der Waals surface area contributed by atoms with Gasteiger partial charge in [-0.2, -0.15) is 0 Å². The van der Waals surface area contributed by atoms with Gasteiger partial charge in [0.05, 0.1) is 35.5 Å². The molecule has 32 heavy (non-hydrogen) atoms. The highest BCUT2D eigenvalue weighted by Gasteiger charge is 2.20. The third-order valence-corrected chi connectivity index (χ3v) is 6.93. The molecule has 1 saturated heterocycles. The van der Waals surface area contributed by atoms with E-state index in [1.807, 2.05) is 24.7 Å². The molecule has 1 aliphatic carbocycles. The summed E-state index contributed by atoms with van der Waals surface area (Å²) in [4.78, 5) is 19.7. The maximum atomic E-state index is 4.70. The summed E-state index contributed by atoms with van der Waals surface area (Å²) in [5, 5.41) is 9.27. The van der Waals surface area contributed by atoms with Crippen LogP contribution in [-0.2, 0) is 0 Å². The number of rotatable bonds is 4. The third-order valence-electron chi connectivity index (χ3n) is 6.93. The van der Waals surface area contributed by atoms with Gasteiger partial charge in [0, 0.05) is 43.1 Å². The molecule has 6 rings (SSSR count). The van der Waals surface area contributed by atoms with Crippen LogP contribution in [0.4, 0.5) is 17.2 Å². The molecule has 1 aliphatic heterocycles. The Kier molecular flexibility index (Phi) is 5.11. The lowest BCUT2D eigenvalue weighted by Gasteiger charge is -2.29.